The van der Waals surface area contributed by atoms with Crippen molar-refractivity contribution in [3.63, 3.8) is 0 Å². The van der Waals surface area contributed by atoms with Crippen LogP contribution >= 0.6 is 0 Å². The largest absolute Gasteiger partial charge is 0.379 e. The summed E-state index contributed by atoms with van der Waals surface area (Å²) >= 11 is 0. The monoisotopic (exact) mass is 227 g/mol. The second kappa shape index (κ2) is 5.12. The number of rotatable bonds is 2. The maximum Gasteiger partial charge on any atom is 0.227 e. The molecule has 3 N–H and O–H groups in total. The summed E-state index contributed by atoms with van der Waals surface area (Å²) in [6.07, 6.45) is 2.22. The average Bonchev–Trinajstić information content (AvgIpc) is 2.64. The van der Waals surface area contributed by atoms with E-state index in [-0.39, 0.29) is 23.9 Å². The van der Waals surface area contributed by atoms with Gasteiger partial charge < -0.3 is 20.7 Å². The first-order valence-electron chi connectivity index (χ1n) is 5.99. The Morgan fingerprint density at radius 3 is 2.94 bits per heavy atom. The molecule has 2 fully saturated rings. The van der Waals surface area contributed by atoms with Crippen LogP contribution in [0.5, 0.6) is 0 Å². The zero-order valence-corrected chi connectivity index (χ0v) is 9.82. The summed E-state index contributed by atoms with van der Waals surface area (Å²) in [6.45, 7) is 3.03. The molecule has 0 spiro atoms. The molecule has 5 heteroatoms. The lowest BCUT2D eigenvalue weighted by molar-refractivity contribution is -0.126. The van der Waals surface area contributed by atoms with E-state index in [1.165, 1.54) is 0 Å². The van der Waals surface area contributed by atoms with Gasteiger partial charge in [-0.3, -0.25) is 4.79 Å². The lowest BCUT2D eigenvalue weighted by Gasteiger charge is -2.31. The van der Waals surface area contributed by atoms with Crippen LogP contribution in [0.15, 0.2) is 0 Å². The summed E-state index contributed by atoms with van der Waals surface area (Å²) in [4.78, 5) is 14.2. The molecule has 0 aromatic rings. The number of hydrogen-bond donors (Lipinski definition) is 2. The molecular weight excluding hydrogens is 206 g/mol. The fourth-order valence-corrected chi connectivity index (χ4v) is 2.43. The van der Waals surface area contributed by atoms with Crippen molar-refractivity contribution >= 4 is 5.91 Å². The predicted octanol–water partition coefficient (Wildman–Crippen LogP) is -0.829. The molecule has 16 heavy (non-hydrogen) atoms. The number of nitrogens with one attached hydrogen (secondary N) is 1. The molecule has 0 aromatic carbocycles. The highest BCUT2D eigenvalue weighted by Gasteiger charge is 2.32. The highest BCUT2D eigenvalue weighted by atomic mass is 16.5. The number of nitrogens with zero attached hydrogens (tertiary/aromatic N) is 1. The standard InChI is InChI=1S/C11H21N3O2/c1-14-4-2-3-8(5-14)13-11(15)9-6-16-7-10(9)12/h8-10H,2-7,12H2,1H3,(H,13,15). The molecule has 1 amide bonds. The Morgan fingerprint density at radius 1 is 1.50 bits per heavy atom. The Morgan fingerprint density at radius 2 is 2.31 bits per heavy atom. The van der Waals surface area contributed by atoms with Crippen molar-refractivity contribution in [2.75, 3.05) is 33.4 Å². The van der Waals surface area contributed by atoms with E-state index >= 15 is 0 Å². The van der Waals surface area contributed by atoms with Gasteiger partial charge in [-0.05, 0) is 26.4 Å². The third kappa shape index (κ3) is 2.72. The third-order valence-electron chi connectivity index (χ3n) is 3.43. The van der Waals surface area contributed by atoms with E-state index in [0.717, 1.165) is 25.9 Å². The Bertz CT molecular complexity index is 260. The predicted molar refractivity (Wildman–Crippen MR) is 60.9 cm³/mol. The summed E-state index contributed by atoms with van der Waals surface area (Å²) in [7, 11) is 2.09. The van der Waals surface area contributed by atoms with Crippen LogP contribution in [0.25, 0.3) is 0 Å². The number of hydrogen-bond acceptors (Lipinski definition) is 4. The number of carbonyl (C=O) groups is 1. The van der Waals surface area contributed by atoms with E-state index < -0.39 is 0 Å². The highest BCUT2D eigenvalue weighted by Crippen LogP contribution is 2.14. The van der Waals surface area contributed by atoms with Crippen LogP contribution < -0.4 is 11.1 Å². The number of ether oxygens (including phenoxy) is 1. The number of likely N-dealkylation sites (N-methyl/N-ethyl adjacent to an activating group) is 1. The number of carbonyl (C=O) groups excluding carboxylic acids is 1. The van der Waals surface area contributed by atoms with Crippen molar-refractivity contribution < 1.29 is 9.53 Å². The number of nitrogens with two attached hydrogens (primary N) is 1. The molecule has 0 aromatic heterocycles. The highest BCUT2D eigenvalue weighted by molar-refractivity contribution is 5.80. The van der Waals surface area contributed by atoms with Crippen LogP contribution in [0.4, 0.5) is 0 Å². The molecule has 2 heterocycles. The normalized spacial score (nSPS) is 36.2. The smallest absolute Gasteiger partial charge is 0.227 e. The first kappa shape index (κ1) is 11.8. The molecule has 0 aliphatic carbocycles. The minimum absolute atomic E-state index is 0.0605. The Kier molecular flexibility index (Phi) is 3.78. The lowest BCUT2D eigenvalue weighted by atomic mass is 10.0. The van der Waals surface area contributed by atoms with Gasteiger partial charge in [-0.1, -0.05) is 0 Å². The van der Waals surface area contributed by atoms with Gasteiger partial charge >= 0.3 is 0 Å². The van der Waals surface area contributed by atoms with E-state index in [0.29, 0.717) is 13.2 Å². The maximum atomic E-state index is 11.9. The van der Waals surface area contributed by atoms with Crippen LogP contribution in [-0.2, 0) is 9.53 Å². The molecule has 2 aliphatic heterocycles. The summed E-state index contributed by atoms with van der Waals surface area (Å²) in [5, 5.41) is 3.08. The Balaban J connectivity index is 1.82. The molecule has 2 aliphatic rings. The topological polar surface area (TPSA) is 67.6 Å². The summed E-state index contributed by atoms with van der Waals surface area (Å²) in [5.41, 5.74) is 5.82. The van der Waals surface area contributed by atoms with Crippen molar-refractivity contribution in [2.24, 2.45) is 11.7 Å². The van der Waals surface area contributed by atoms with Gasteiger partial charge in [0, 0.05) is 18.6 Å². The van der Waals surface area contributed by atoms with Crippen LogP contribution in [0.1, 0.15) is 12.8 Å². The Hall–Kier alpha value is -0.650. The third-order valence-corrected chi connectivity index (χ3v) is 3.43. The first-order valence-corrected chi connectivity index (χ1v) is 5.99. The van der Waals surface area contributed by atoms with E-state index in [9.17, 15) is 4.79 Å². The molecule has 92 valence electrons. The van der Waals surface area contributed by atoms with Crippen molar-refractivity contribution in [3.8, 4) is 0 Å². The minimum atomic E-state index is -0.160. The van der Waals surface area contributed by atoms with Crippen LogP contribution in [0, 0.1) is 5.92 Å². The molecular formula is C11H21N3O2. The van der Waals surface area contributed by atoms with E-state index in [4.69, 9.17) is 10.5 Å². The molecule has 0 radical (unpaired) electrons. The van der Waals surface area contributed by atoms with E-state index in [1.54, 1.807) is 0 Å². The van der Waals surface area contributed by atoms with Gasteiger partial charge in [-0.2, -0.15) is 0 Å². The summed E-state index contributed by atoms with van der Waals surface area (Å²) in [5.74, 6) is -0.0995. The van der Waals surface area contributed by atoms with Gasteiger partial charge in [-0.15, -0.1) is 0 Å². The molecule has 3 unspecified atom stereocenters. The Labute approximate surface area is 96.3 Å². The summed E-state index contributed by atoms with van der Waals surface area (Å²) < 4.78 is 5.20. The number of piperidine rings is 1. The molecule has 2 saturated heterocycles. The zero-order chi connectivity index (χ0) is 11.5. The van der Waals surface area contributed by atoms with E-state index in [1.807, 2.05) is 0 Å². The van der Waals surface area contributed by atoms with Gasteiger partial charge in [0.2, 0.25) is 5.91 Å². The average molecular weight is 227 g/mol. The second-order valence-electron chi connectivity index (χ2n) is 4.92. The molecule has 5 nitrogen and oxygen atoms in total. The second-order valence-corrected chi connectivity index (χ2v) is 4.92. The summed E-state index contributed by atoms with van der Waals surface area (Å²) in [6, 6.07) is 0.139. The lowest BCUT2D eigenvalue weighted by Crippen LogP contribution is -2.50. The van der Waals surface area contributed by atoms with Crippen LogP contribution in [0.3, 0.4) is 0 Å². The minimum Gasteiger partial charge on any atom is -0.379 e. The fourth-order valence-electron chi connectivity index (χ4n) is 2.43. The van der Waals surface area contributed by atoms with Crippen LogP contribution in [-0.4, -0.2) is 56.2 Å². The van der Waals surface area contributed by atoms with Gasteiger partial charge in [0.25, 0.3) is 0 Å². The van der Waals surface area contributed by atoms with Crippen molar-refractivity contribution in [1.82, 2.24) is 10.2 Å². The fraction of sp³-hybridized carbons (Fsp3) is 0.909. The van der Waals surface area contributed by atoms with E-state index in [2.05, 4.69) is 17.3 Å². The van der Waals surface area contributed by atoms with Gasteiger partial charge in [-0.25, -0.2) is 0 Å². The first-order chi connectivity index (χ1) is 7.66. The van der Waals surface area contributed by atoms with Gasteiger partial charge in [0.1, 0.15) is 0 Å². The van der Waals surface area contributed by atoms with Crippen LogP contribution in [0.2, 0.25) is 0 Å². The van der Waals surface area contributed by atoms with Crippen molar-refractivity contribution in [1.29, 1.82) is 0 Å². The SMILES string of the molecule is CN1CCCC(NC(=O)C2COCC2N)C1. The van der Waals surface area contributed by atoms with Gasteiger partial charge in [0.05, 0.1) is 19.1 Å². The molecule has 0 bridgehead atoms. The molecule has 0 saturated carbocycles. The molecule has 3 atom stereocenters. The number of amides is 1. The van der Waals surface area contributed by atoms with Crippen molar-refractivity contribution in [3.05, 3.63) is 0 Å². The molecule has 2 rings (SSSR count). The van der Waals surface area contributed by atoms with Crippen molar-refractivity contribution in [2.45, 2.75) is 24.9 Å². The van der Waals surface area contributed by atoms with Gasteiger partial charge in [0.15, 0.2) is 0 Å². The zero-order valence-electron chi connectivity index (χ0n) is 9.82. The number of likely N-dealkylation sites (tertiary alicyclic amines) is 1. The maximum absolute atomic E-state index is 11.9. The quantitative estimate of drug-likeness (QED) is 0.646.